The van der Waals surface area contributed by atoms with Crippen LogP contribution in [0.2, 0.25) is 0 Å². The minimum absolute atomic E-state index is 0.113. The van der Waals surface area contributed by atoms with Gasteiger partial charge < -0.3 is 20.7 Å². The van der Waals surface area contributed by atoms with E-state index in [0.29, 0.717) is 23.0 Å². The third-order valence-corrected chi connectivity index (χ3v) is 3.79. The van der Waals surface area contributed by atoms with Gasteiger partial charge in [0, 0.05) is 19.0 Å². The predicted molar refractivity (Wildman–Crippen MR) is 83.1 cm³/mol. The first-order chi connectivity index (χ1) is 9.61. The average molecular weight is 293 g/mol. The fourth-order valence-corrected chi connectivity index (χ4v) is 2.53. The Morgan fingerprint density at radius 3 is 2.95 bits per heavy atom. The highest BCUT2D eigenvalue weighted by atomic mass is 32.1. The molecular weight excluding hydrogens is 274 g/mol. The SMILES string of the molecule is COc1ccccc1NC(=O)N1CCCC(C(N)=S)C1. The fraction of sp³-hybridized carbons (Fsp3) is 0.429. The molecule has 0 radical (unpaired) electrons. The van der Waals surface area contributed by atoms with E-state index >= 15 is 0 Å². The van der Waals surface area contributed by atoms with E-state index in [9.17, 15) is 4.79 Å². The Morgan fingerprint density at radius 2 is 2.25 bits per heavy atom. The van der Waals surface area contributed by atoms with Gasteiger partial charge in [0.25, 0.3) is 0 Å². The molecule has 1 aromatic carbocycles. The number of carbonyl (C=O) groups is 1. The fourth-order valence-electron chi connectivity index (χ4n) is 2.34. The molecule has 3 N–H and O–H groups in total. The summed E-state index contributed by atoms with van der Waals surface area (Å²) in [5.41, 5.74) is 6.35. The summed E-state index contributed by atoms with van der Waals surface area (Å²) in [5.74, 6) is 0.755. The number of amides is 2. The van der Waals surface area contributed by atoms with Gasteiger partial charge in [-0.3, -0.25) is 0 Å². The molecule has 1 fully saturated rings. The topological polar surface area (TPSA) is 67.6 Å². The minimum atomic E-state index is -0.143. The number of piperidine rings is 1. The molecule has 2 rings (SSSR count). The zero-order valence-corrected chi connectivity index (χ0v) is 12.3. The van der Waals surface area contributed by atoms with Gasteiger partial charge in [-0.15, -0.1) is 0 Å². The lowest BCUT2D eigenvalue weighted by molar-refractivity contribution is 0.191. The van der Waals surface area contributed by atoms with Crippen molar-refractivity contribution in [3.8, 4) is 5.75 Å². The van der Waals surface area contributed by atoms with E-state index in [-0.39, 0.29) is 11.9 Å². The van der Waals surface area contributed by atoms with Gasteiger partial charge in [0.15, 0.2) is 0 Å². The number of ether oxygens (including phenoxy) is 1. The van der Waals surface area contributed by atoms with E-state index in [1.807, 2.05) is 24.3 Å². The van der Waals surface area contributed by atoms with Crippen LogP contribution in [0.4, 0.5) is 10.5 Å². The van der Waals surface area contributed by atoms with E-state index in [1.165, 1.54) is 0 Å². The molecule has 20 heavy (non-hydrogen) atoms. The number of likely N-dealkylation sites (tertiary alicyclic amines) is 1. The summed E-state index contributed by atoms with van der Waals surface area (Å²) >= 11 is 5.02. The molecule has 1 aliphatic heterocycles. The first-order valence-corrected chi connectivity index (χ1v) is 7.01. The number of para-hydroxylation sites is 2. The highest BCUT2D eigenvalue weighted by molar-refractivity contribution is 7.80. The standard InChI is InChI=1S/C14H19N3O2S/c1-19-12-7-3-2-6-11(12)16-14(18)17-8-4-5-10(9-17)13(15)20/h2-3,6-7,10H,4-5,8-9H2,1H3,(H2,15,20)(H,16,18). The van der Waals surface area contributed by atoms with Crippen LogP contribution < -0.4 is 15.8 Å². The number of methoxy groups -OCH3 is 1. The number of benzene rings is 1. The minimum Gasteiger partial charge on any atom is -0.495 e. The van der Waals surface area contributed by atoms with Crippen LogP contribution in [0, 0.1) is 5.92 Å². The number of anilines is 1. The Hall–Kier alpha value is -1.82. The molecule has 0 aliphatic carbocycles. The molecule has 2 amide bonds. The summed E-state index contributed by atoms with van der Waals surface area (Å²) in [4.78, 5) is 14.5. The summed E-state index contributed by atoms with van der Waals surface area (Å²) in [5, 5.41) is 2.87. The molecule has 5 nitrogen and oxygen atoms in total. The second kappa shape index (κ2) is 6.56. The molecule has 1 atom stereocenters. The van der Waals surface area contributed by atoms with Gasteiger partial charge in [-0.05, 0) is 25.0 Å². The van der Waals surface area contributed by atoms with Gasteiger partial charge in [-0.2, -0.15) is 0 Å². The summed E-state index contributed by atoms with van der Waals surface area (Å²) in [6.45, 7) is 1.30. The molecule has 1 aliphatic rings. The van der Waals surface area contributed by atoms with Gasteiger partial charge >= 0.3 is 6.03 Å². The Balaban J connectivity index is 2.02. The highest BCUT2D eigenvalue weighted by Crippen LogP contribution is 2.24. The Morgan fingerprint density at radius 1 is 1.50 bits per heavy atom. The van der Waals surface area contributed by atoms with Gasteiger partial charge in [0.2, 0.25) is 0 Å². The number of rotatable bonds is 3. The van der Waals surface area contributed by atoms with Crippen molar-refractivity contribution in [3.05, 3.63) is 24.3 Å². The number of nitrogens with zero attached hydrogens (tertiary/aromatic N) is 1. The largest absolute Gasteiger partial charge is 0.495 e. The van der Waals surface area contributed by atoms with Crippen molar-refractivity contribution in [1.82, 2.24) is 4.90 Å². The van der Waals surface area contributed by atoms with Crippen LogP contribution in [0.1, 0.15) is 12.8 Å². The lowest BCUT2D eigenvalue weighted by Gasteiger charge is -2.32. The molecular formula is C14H19N3O2S. The lowest BCUT2D eigenvalue weighted by Crippen LogP contribution is -2.45. The zero-order chi connectivity index (χ0) is 14.5. The maximum atomic E-state index is 12.3. The van der Waals surface area contributed by atoms with Crippen molar-refractivity contribution in [1.29, 1.82) is 0 Å². The number of nitrogens with two attached hydrogens (primary N) is 1. The highest BCUT2D eigenvalue weighted by Gasteiger charge is 2.25. The smallest absolute Gasteiger partial charge is 0.321 e. The average Bonchev–Trinajstić information content (AvgIpc) is 2.48. The summed E-state index contributed by atoms with van der Waals surface area (Å²) < 4.78 is 5.22. The van der Waals surface area contributed by atoms with Crippen LogP contribution >= 0.6 is 12.2 Å². The van der Waals surface area contributed by atoms with Gasteiger partial charge in [-0.25, -0.2) is 4.79 Å². The van der Waals surface area contributed by atoms with Gasteiger partial charge in [0.1, 0.15) is 5.75 Å². The number of carbonyl (C=O) groups excluding carboxylic acids is 1. The summed E-state index contributed by atoms with van der Waals surface area (Å²) in [7, 11) is 1.58. The van der Waals surface area contributed by atoms with Crippen molar-refractivity contribution in [2.24, 2.45) is 11.7 Å². The Labute approximate surface area is 124 Å². The van der Waals surface area contributed by atoms with E-state index in [1.54, 1.807) is 12.0 Å². The molecule has 1 aromatic rings. The number of hydrogen-bond donors (Lipinski definition) is 2. The summed E-state index contributed by atoms with van der Waals surface area (Å²) in [6, 6.07) is 7.19. The molecule has 1 unspecified atom stereocenters. The maximum absolute atomic E-state index is 12.3. The van der Waals surface area contributed by atoms with E-state index in [4.69, 9.17) is 22.7 Å². The first kappa shape index (κ1) is 14.6. The molecule has 6 heteroatoms. The molecule has 0 spiro atoms. The monoisotopic (exact) mass is 293 g/mol. The number of urea groups is 1. The number of hydrogen-bond acceptors (Lipinski definition) is 3. The zero-order valence-electron chi connectivity index (χ0n) is 11.5. The van der Waals surface area contributed by atoms with Crippen LogP contribution in [0.3, 0.4) is 0 Å². The van der Waals surface area contributed by atoms with Crippen molar-refractivity contribution in [2.75, 3.05) is 25.5 Å². The second-order valence-corrected chi connectivity index (χ2v) is 5.29. The molecule has 1 saturated heterocycles. The van der Waals surface area contributed by atoms with E-state index in [0.717, 1.165) is 19.4 Å². The quantitative estimate of drug-likeness (QED) is 0.839. The predicted octanol–water partition coefficient (Wildman–Crippen LogP) is 2.23. The number of thiocarbonyl (C=S) groups is 1. The Kier molecular flexibility index (Phi) is 4.79. The van der Waals surface area contributed by atoms with Crippen LogP contribution in [0.5, 0.6) is 5.75 Å². The number of nitrogens with one attached hydrogen (secondary N) is 1. The van der Waals surface area contributed by atoms with Crippen molar-refractivity contribution >= 4 is 28.9 Å². The molecule has 0 aromatic heterocycles. The van der Waals surface area contributed by atoms with Crippen LogP contribution in [-0.4, -0.2) is 36.1 Å². The van der Waals surface area contributed by atoms with Crippen LogP contribution in [-0.2, 0) is 0 Å². The van der Waals surface area contributed by atoms with Gasteiger partial charge in [0.05, 0.1) is 17.8 Å². The lowest BCUT2D eigenvalue weighted by atomic mass is 9.98. The van der Waals surface area contributed by atoms with E-state index < -0.39 is 0 Å². The molecule has 108 valence electrons. The first-order valence-electron chi connectivity index (χ1n) is 6.60. The van der Waals surface area contributed by atoms with Crippen LogP contribution in [0.25, 0.3) is 0 Å². The van der Waals surface area contributed by atoms with Crippen molar-refractivity contribution in [3.63, 3.8) is 0 Å². The molecule has 0 bridgehead atoms. The third-order valence-electron chi connectivity index (χ3n) is 3.46. The van der Waals surface area contributed by atoms with Crippen LogP contribution in [0.15, 0.2) is 24.3 Å². The van der Waals surface area contributed by atoms with Gasteiger partial charge in [-0.1, -0.05) is 24.4 Å². The normalized spacial score (nSPS) is 18.4. The van der Waals surface area contributed by atoms with E-state index in [2.05, 4.69) is 5.32 Å². The second-order valence-electron chi connectivity index (χ2n) is 4.82. The van der Waals surface area contributed by atoms with Crippen molar-refractivity contribution in [2.45, 2.75) is 12.8 Å². The van der Waals surface area contributed by atoms with Crippen molar-refractivity contribution < 1.29 is 9.53 Å². The summed E-state index contributed by atoms with van der Waals surface area (Å²) in [6.07, 6.45) is 1.87. The molecule has 0 saturated carbocycles. The molecule has 1 heterocycles. The third kappa shape index (κ3) is 3.39. The maximum Gasteiger partial charge on any atom is 0.321 e. The Bertz CT molecular complexity index is 507.